The third-order valence-electron chi connectivity index (χ3n) is 3.67. The fourth-order valence-corrected chi connectivity index (χ4v) is 3.97. The first-order valence-corrected chi connectivity index (χ1v) is 9.49. The highest BCUT2D eigenvalue weighted by Gasteiger charge is 2.26. The monoisotopic (exact) mass is 376 g/mol. The molecule has 3 aromatic rings. The first-order chi connectivity index (χ1) is 11.9. The van der Waals surface area contributed by atoms with Crippen molar-refractivity contribution >= 4 is 21.6 Å². The summed E-state index contributed by atoms with van der Waals surface area (Å²) in [5.74, 6) is 0.638. The maximum absolute atomic E-state index is 13.1. The van der Waals surface area contributed by atoms with E-state index >= 15 is 0 Å². The van der Waals surface area contributed by atoms with Crippen molar-refractivity contribution in [3.05, 3.63) is 82.7 Å². The number of aryl methyl sites for hydroxylation is 1. The predicted molar refractivity (Wildman–Crippen MR) is 95.6 cm³/mol. The molecule has 7 heteroatoms. The molecule has 0 amide bonds. The summed E-state index contributed by atoms with van der Waals surface area (Å²) in [6, 6.07) is 17.3. The molecule has 0 radical (unpaired) electrons. The van der Waals surface area contributed by atoms with Gasteiger partial charge in [-0.1, -0.05) is 47.1 Å². The lowest BCUT2D eigenvalue weighted by Crippen LogP contribution is -2.30. The summed E-state index contributed by atoms with van der Waals surface area (Å²) in [5, 5.41) is 4.40. The highest BCUT2D eigenvalue weighted by atomic mass is 35.5. The van der Waals surface area contributed by atoms with E-state index in [1.807, 2.05) is 30.3 Å². The summed E-state index contributed by atoms with van der Waals surface area (Å²) in [5.41, 5.74) is 1.45. The Bertz CT molecular complexity index is 938. The van der Waals surface area contributed by atoms with E-state index in [0.717, 1.165) is 5.56 Å². The molecule has 0 bridgehead atoms. The minimum atomic E-state index is -3.71. The second-order valence-corrected chi connectivity index (χ2v) is 8.02. The fourth-order valence-electron chi connectivity index (χ4n) is 2.44. The molecule has 0 unspecified atom stereocenters. The van der Waals surface area contributed by atoms with Gasteiger partial charge in [0, 0.05) is 17.6 Å². The van der Waals surface area contributed by atoms with E-state index in [1.165, 1.54) is 16.4 Å². The van der Waals surface area contributed by atoms with Crippen LogP contribution in [0, 0.1) is 6.92 Å². The van der Waals surface area contributed by atoms with Crippen LogP contribution in [0.3, 0.4) is 0 Å². The van der Waals surface area contributed by atoms with Crippen LogP contribution in [0.15, 0.2) is 70.1 Å². The normalized spacial score (nSPS) is 11.8. The number of nitrogens with zero attached hydrogens (tertiary/aromatic N) is 2. The number of rotatable bonds is 6. The van der Waals surface area contributed by atoms with Gasteiger partial charge >= 0.3 is 0 Å². The van der Waals surface area contributed by atoms with Crippen LogP contribution in [-0.2, 0) is 23.1 Å². The Hall–Kier alpha value is -2.15. The smallest absolute Gasteiger partial charge is 0.243 e. The van der Waals surface area contributed by atoms with E-state index in [-0.39, 0.29) is 18.0 Å². The molecule has 0 aliphatic rings. The molecule has 0 fully saturated rings. The molecule has 5 nitrogen and oxygen atoms in total. The Labute approximate surface area is 151 Å². The SMILES string of the molecule is Cc1cc(CN(Cc2ccccc2)S(=O)(=O)c2ccc(Cl)cc2)no1. The van der Waals surface area contributed by atoms with Crippen molar-refractivity contribution in [3.8, 4) is 0 Å². The van der Waals surface area contributed by atoms with E-state index in [1.54, 1.807) is 25.1 Å². The molecular weight excluding hydrogens is 360 g/mol. The van der Waals surface area contributed by atoms with Crippen molar-refractivity contribution in [1.82, 2.24) is 9.46 Å². The Morgan fingerprint density at radius 3 is 2.32 bits per heavy atom. The van der Waals surface area contributed by atoms with Gasteiger partial charge in [0.1, 0.15) is 5.76 Å². The van der Waals surface area contributed by atoms with E-state index in [0.29, 0.717) is 16.5 Å². The van der Waals surface area contributed by atoms with Crippen LogP contribution in [0.2, 0.25) is 5.02 Å². The minimum absolute atomic E-state index is 0.122. The van der Waals surface area contributed by atoms with Gasteiger partial charge in [-0.3, -0.25) is 0 Å². The number of aromatic nitrogens is 1. The topological polar surface area (TPSA) is 63.4 Å². The van der Waals surface area contributed by atoms with Gasteiger partial charge in [-0.25, -0.2) is 8.42 Å². The second kappa shape index (κ2) is 7.39. The van der Waals surface area contributed by atoms with Crippen LogP contribution in [0.4, 0.5) is 0 Å². The summed E-state index contributed by atoms with van der Waals surface area (Å²) in [7, 11) is -3.71. The van der Waals surface area contributed by atoms with Crippen LogP contribution in [0.25, 0.3) is 0 Å². The molecule has 0 saturated heterocycles. The number of halogens is 1. The Morgan fingerprint density at radius 1 is 1.04 bits per heavy atom. The van der Waals surface area contributed by atoms with Crippen molar-refractivity contribution in [3.63, 3.8) is 0 Å². The van der Waals surface area contributed by atoms with Crippen molar-refractivity contribution < 1.29 is 12.9 Å². The maximum atomic E-state index is 13.1. The van der Waals surface area contributed by atoms with Gasteiger partial charge < -0.3 is 4.52 Å². The van der Waals surface area contributed by atoms with Gasteiger partial charge in [0.2, 0.25) is 10.0 Å². The summed E-state index contributed by atoms with van der Waals surface area (Å²) in [6.45, 7) is 2.13. The molecular formula is C18H17ClN2O3S. The molecule has 3 rings (SSSR count). The molecule has 25 heavy (non-hydrogen) atoms. The highest BCUT2D eigenvalue weighted by molar-refractivity contribution is 7.89. The fraction of sp³-hybridized carbons (Fsp3) is 0.167. The van der Waals surface area contributed by atoms with E-state index < -0.39 is 10.0 Å². The zero-order chi connectivity index (χ0) is 17.9. The van der Waals surface area contributed by atoms with Crippen molar-refractivity contribution in [2.45, 2.75) is 24.9 Å². The van der Waals surface area contributed by atoms with Crippen LogP contribution in [0.5, 0.6) is 0 Å². The summed E-state index contributed by atoms with van der Waals surface area (Å²) in [4.78, 5) is 0.188. The van der Waals surface area contributed by atoms with Crippen molar-refractivity contribution in [1.29, 1.82) is 0 Å². The number of benzene rings is 2. The second-order valence-electron chi connectivity index (χ2n) is 5.64. The average Bonchev–Trinajstić information content (AvgIpc) is 3.01. The number of hydrogen-bond acceptors (Lipinski definition) is 4. The van der Waals surface area contributed by atoms with E-state index in [9.17, 15) is 8.42 Å². The number of hydrogen-bond donors (Lipinski definition) is 0. The Kier molecular flexibility index (Phi) is 5.22. The Balaban J connectivity index is 1.95. The molecule has 0 N–H and O–H groups in total. The molecule has 1 aromatic heterocycles. The lowest BCUT2D eigenvalue weighted by Gasteiger charge is -2.21. The minimum Gasteiger partial charge on any atom is -0.361 e. The lowest BCUT2D eigenvalue weighted by molar-refractivity contribution is 0.360. The Morgan fingerprint density at radius 2 is 1.72 bits per heavy atom. The van der Waals surface area contributed by atoms with Crippen LogP contribution in [0.1, 0.15) is 17.0 Å². The summed E-state index contributed by atoms with van der Waals surface area (Å²) < 4.78 is 32.6. The first-order valence-electron chi connectivity index (χ1n) is 7.67. The molecule has 1 heterocycles. The van der Waals surface area contributed by atoms with Crippen molar-refractivity contribution in [2.24, 2.45) is 0 Å². The van der Waals surface area contributed by atoms with Crippen molar-refractivity contribution in [2.75, 3.05) is 0 Å². The third kappa shape index (κ3) is 4.28. The largest absolute Gasteiger partial charge is 0.361 e. The molecule has 0 aliphatic heterocycles. The lowest BCUT2D eigenvalue weighted by atomic mass is 10.2. The zero-order valence-electron chi connectivity index (χ0n) is 13.6. The van der Waals surface area contributed by atoms with E-state index in [2.05, 4.69) is 5.16 Å². The zero-order valence-corrected chi connectivity index (χ0v) is 15.2. The number of sulfonamides is 1. The molecule has 0 saturated carbocycles. The van der Waals surface area contributed by atoms with Crippen LogP contribution in [-0.4, -0.2) is 17.9 Å². The first kappa shape index (κ1) is 17.7. The third-order valence-corrected chi connectivity index (χ3v) is 5.73. The van der Waals surface area contributed by atoms with Gasteiger partial charge in [-0.2, -0.15) is 4.31 Å². The molecule has 0 spiro atoms. The summed E-state index contributed by atoms with van der Waals surface area (Å²) >= 11 is 5.87. The van der Waals surface area contributed by atoms with E-state index in [4.69, 9.17) is 16.1 Å². The van der Waals surface area contributed by atoms with Crippen LogP contribution >= 0.6 is 11.6 Å². The predicted octanol–water partition coefficient (Wildman–Crippen LogP) is 4.03. The average molecular weight is 377 g/mol. The maximum Gasteiger partial charge on any atom is 0.243 e. The summed E-state index contributed by atoms with van der Waals surface area (Å²) in [6.07, 6.45) is 0. The molecule has 0 atom stereocenters. The highest BCUT2D eigenvalue weighted by Crippen LogP contribution is 2.22. The van der Waals surface area contributed by atoms with Gasteiger partial charge in [0.25, 0.3) is 0 Å². The molecule has 0 aliphatic carbocycles. The molecule has 130 valence electrons. The quantitative estimate of drug-likeness (QED) is 0.651. The molecule has 2 aromatic carbocycles. The van der Waals surface area contributed by atoms with Gasteiger partial charge in [0.05, 0.1) is 17.1 Å². The van der Waals surface area contributed by atoms with Gasteiger partial charge in [-0.05, 0) is 36.8 Å². The van der Waals surface area contributed by atoms with Gasteiger partial charge in [-0.15, -0.1) is 0 Å². The van der Waals surface area contributed by atoms with Gasteiger partial charge in [0.15, 0.2) is 0 Å². The standard InChI is InChI=1S/C18H17ClN2O3S/c1-14-11-17(20-24-14)13-21(12-15-5-3-2-4-6-15)25(22,23)18-9-7-16(19)8-10-18/h2-11H,12-13H2,1H3. The van der Waals surface area contributed by atoms with Crippen LogP contribution < -0.4 is 0 Å².